The topological polar surface area (TPSA) is 129 Å². The van der Waals surface area contributed by atoms with Gasteiger partial charge in [-0.25, -0.2) is 18.1 Å². The van der Waals surface area contributed by atoms with Crippen LogP contribution >= 0.6 is 24.0 Å². The Bertz CT molecular complexity index is 826. The second-order valence-electron chi connectivity index (χ2n) is 5.96. The van der Waals surface area contributed by atoms with Gasteiger partial charge in [-0.1, -0.05) is 0 Å². The summed E-state index contributed by atoms with van der Waals surface area (Å²) in [5, 5.41) is 16.5. The molecular weight excluding hydrogens is 497 g/mol. The molecule has 0 bridgehead atoms. The van der Waals surface area contributed by atoms with Gasteiger partial charge in [-0.05, 0) is 38.1 Å². The van der Waals surface area contributed by atoms with E-state index in [-0.39, 0.29) is 42.0 Å². The summed E-state index contributed by atoms with van der Waals surface area (Å²) < 4.78 is 32.0. The molecule has 0 spiro atoms. The molecule has 0 saturated carbocycles. The van der Waals surface area contributed by atoms with Crippen molar-refractivity contribution in [2.24, 2.45) is 4.99 Å². The molecule has 4 N–H and O–H groups in total. The number of aliphatic imine (C=N–C) groups is 1. The van der Waals surface area contributed by atoms with Crippen LogP contribution in [0.2, 0.25) is 0 Å². The zero-order valence-electron chi connectivity index (χ0n) is 15.8. The first-order chi connectivity index (χ1) is 12.8. The predicted octanol–water partition coefficient (Wildman–Crippen LogP) is 1.03. The van der Waals surface area contributed by atoms with Gasteiger partial charge in [0.05, 0.1) is 12.8 Å². The van der Waals surface area contributed by atoms with Crippen LogP contribution in [0.5, 0.6) is 0 Å². The van der Waals surface area contributed by atoms with Crippen molar-refractivity contribution in [3.8, 4) is 0 Å². The van der Waals surface area contributed by atoms with Crippen LogP contribution in [0.4, 0.5) is 0 Å². The first-order valence-corrected chi connectivity index (χ1v) is 10.0. The molecule has 2 heterocycles. The van der Waals surface area contributed by atoms with Gasteiger partial charge in [0.15, 0.2) is 5.96 Å². The number of aromatic nitrogens is 1. The fourth-order valence-corrected chi connectivity index (χ4v) is 3.19. The lowest BCUT2D eigenvalue weighted by Gasteiger charge is -2.19. The molecule has 1 unspecified atom stereocenters. The number of furan rings is 1. The number of rotatable bonds is 9. The van der Waals surface area contributed by atoms with Gasteiger partial charge in [0.2, 0.25) is 10.0 Å². The summed E-state index contributed by atoms with van der Waals surface area (Å²) in [5.74, 6) is 0.885. The van der Waals surface area contributed by atoms with Crippen LogP contribution in [-0.4, -0.2) is 50.6 Å². The molecule has 0 aliphatic rings. The minimum atomic E-state index is -3.60. The van der Waals surface area contributed by atoms with Crippen LogP contribution in [0.25, 0.3) is 0 Å². The normalized spacial score (nSPS) is 14.0. The maximum atomic E-state index is 12.1. The van der Waals surface area contributed by atoms with Gasteiger partial charge >= 0.3 is 0 Å². The number of guanidine groups is 1. The molecule has 1 atom stereocenters. The second-order valence-corrected chi connectivity index (χ2v) is 7.73. The lowest BCUT2D eigenvalue weighted by Crippen LogP contribution is -2.42. The van der Waals surface area contributed by atoms with E-state index >= 15 is 0 Å². The van der Waals surface area contributed by atoms with Crippen molar-refractivity contribution in [2.45, 2.75) is 24.3 Å². The first kappa shape index (κ1) is 24.3. The fourth-order valence-electron chi connectivity index (χ4n) is 2.19. The Morgan fingerprint density at radius 3 is 2.68 bits per heavy atom. The Hall–Kier alpha value is -1.70. The maximum Gasteiger partial charge on any atom is 0.242 e. The minimum Gasteiger partial charge on any atom is -0.466 e. The summed E-state index contributed by atoms with van der Waals surface area (Å²) in [6, 6.07) is 6.42. The van der Waals surface area contributed by atoms with Crippen molar-refractivity contribution in [1.82, 2.24) is 20.3 Å². The van der Waals surface area contributed by atoms with E-state index < -0.39 is 15.6 Å². The van der Waals surface area contributed by atoms with Crippen LogP contribution in [0, 0.1) is 0 Å². The number of nitrogens with one attached hydrogen (secondary N) is 3. The molecule has 9 nitrogen and oxygen atoms in total. The lowest BCUT2D eigenvalue weighted by atomic mass is 10.0. The number of aliphatic hydroxyl groups is 1. The summed E-state index contributed by atoms with van der Waals surface area (Å²) in [6.45, 7) is 4.70. The van der Waals surface area contributed by atoms with E-state index in [1.807, 2.05) is 6.92 Å². The molecule has 0 saturated heterocycles. The number of pyridine rings is 1. The molecule has 156 valence electrons. The average molecular weight is 523 g/mol. The molecule has 2 aromatic heterocycles. The molecule has 2 aromatic rings. The molecule has 28 heavy (non-hydrogen) atoms. The zero-order chi connectivity index (χ0) is 19.8. The van der Waals surface area contributed by atoms with E-state index in [0.29, 0.717) is 24.8 Å². The van der Waals surface area contributed by atoms with Crippen LogP contribution in [0.1, 0.15) is 19.6 Å². The van der Waals surface area contributed by atoms with Crippen molar-refractivity contribution >= 4 is 40.0 Å². The molecule has 2 rings (SSSR count). The van der Waals surface area contributed by atoms with Crippen LogP contribution in [0.3, 0.4) is 0 Å². The van der Waals surface area contributed by atoms with Crippen molar-refractivity contribution in [1.29, 1.82) is 0 Å². The van der Waals surface area contributed by atoms with Crippen molar-refractivity contribution in [2.75, 3.05) is 26.2 Å². The summed E-state index contributed by atoms with van der Waals surface area (Å²) in [5.41, 5.74) is -1.24. The quantitative estimate of drug-likeness (QED) is 0.167. The van der Waals surface area contributed by atoms with Crippen LogP contribution in [0.15, 0.2) is 57.2 Å². The first-order valence-electron chi connectivity index (χ1n) is 8.53. The summed E-state index contributed by atoms with van der Waals surface area (Å²) >= 11 is 0. The molecule has 0 aromatic carbocycles. The highest BCUT2D eigenvalue weighted by Gasteiger charge is 2.26. The van der Waals surface area contributed by atoms with Crippen molar-refractivity contribution in [3.63, 3.8) is 0 Å². The Kier molecular flexibility index (Phi) is 9.85. The molecule has 0 fully saturated rings. The van der Waals surface area contributed by atoms with Crippen LogP contribution < -0.4 is 15.4 Å². The Labute approximate surface area is 182 Å². The zero-order valence-corrected chi connectivity index (χ0v) is 18.9. The Balaban J connectivity index is 0.00000392. The summed E-state index contributed by atoms with van der Waals surface area (Å²) in [6.07, 6.45) is 4.29. The van der Waals surface area contributed by atoms with Gasteiger partial charge in [0.25, 0.3) is 0 Å². The van der Waals surface area contributed by atoms with Gasteiger partial charge < -0.3 is 20.2 Å². The highest BCUT2D eigenvalue weighted by Crippen LogP contribution is 2.20. The van der Waals surface area contributed by atoms with Gasteiger partial charge in [0.1, 0.15) is 16.3 Å². The second kappa shape index (κ2) is 11.3. The van der Waals surface area contributed by atoms with Crippen LogP contribution in [-0.2, 0) is 15.6 Å². The molecule has 11 heteroatoms. The SMILES string of the molecule is CCNC(=NCC(C)(O)c1ccco1)NCCNS(=O)(=O)c1cccnc1.I. The number of halogens is 1. The number of sulfonamides is 1. The highest BCUT2D eigenvalue weighted by atomic mass is 127. The number of hydrogen-bond acceptors (Lipinski definition) is 6. The molecule has 0 aliphatic heterocycles. The average Bonchev–Trinajstić information content (AvgIpc) is 3.20. The fraction of sp³-hybridized carbons (Fsp3) is 0.412. The predicted molar refractivity (Wildman–Crippen MR) is 117 cm³/mol. The number of hydrogen-bond donors (Lipinski definition) is 4. The molecule has 0 radical (unpaired) electrons. The van der Waals surface area contributed by atoms with E-state index in [0.717, 1.165) is 0 Å². The van der Waals surface area contributed by atoms with E-state index in [1.165, 1.54) is 24.7 Å². The smallest absolute Gasteiger partial charge is 0.242 e. The summed E-state index contributed by atoms with van der Waals surface area (Å²) in [7, 11) is -3.60. The third-order valence-corrected chi connectivity index (χ3v) is 5.04. The largest absolute Gasteiger partial charge is 0.466 e. The molecule has 0 aliphatic carbocycles. The lowest BCUT2D eigenvalue weighted by molar-refractivity contribution is 0.0437. The standard InChI is InChI=1S/C17H25N5O4S.HI/c1-3-19-16(21-13-17(2,23)15-7-5-11-26-15)20-9-10-22-27(24,25)14-6-4-8-18-12-14;/h4-8,11-12,22-23H,3,9-10,13H2,1-2H3,(H2,19,20,21);1H. The third-order valence-electron chi connectivity index (χ3n) is 3.60. The third kappa shape index (κ3) is 7.37. The Morgan fingerprint density at radius 2 is 2.07 bits per heavy atom. The molecule has 0 amide bonds. The highest BCUT2D eigenvalue weighted by molar-refractivity contribution is 14.0. The van der Waals surface area contributed by atoms with Gasteiger partial charge in [0, 0.05) is 32.0 Å². The van der Waals surface area contributed by atoms with E-state index in [9.17, 15) is 13.5 Å². The maximum absolute atomic E-state index is 12.1. The summed E-state index contributed by atoms with van der Waals surface area (Å²) in [4.78, 5) is 8.25. The van der Waals surface area contributed by atoms with Crippen molar-refractivity contribution in [3.05, 3.63) is 48.7 Å². The van der Waals surface area contributed by atoms with Gasteiger partial charge in [-0.15, -0.1) is 24.0 Å². The molecular formula is C17H26IN5O4S. The van der Waals surface area contributed by atoms with E-state index in [4.69, 9.17) is 4.42 Å². The van der Waals surface area contributed by atoms with Gasteiger partial charge in [-0.3, -0.25) is 4.98 Å². The van der Waals surface area contributed by atoms with E-state index in [2.05, 4.69) is 25.3 Å². The van der Waals surface area contributed by atoms with Crippen molar-refractivity contribution < 1.29 is 17.9 Å². The monoisotopic (exact) mass is 523 g/mol. The van der Waals surface area contributed by atoms with E-state index in [1.54, 1.807) is 25.1 Å². The van der Waals surface area contributed by atoms with Gasteiger partial charge in [-0.2, -0.15) is 0 Å². The minimum absolute atomic E-state index is 0. The number of nitrogens with zero attached hydrogens (tertiary/aromatic N) is 2. The Morgan fingerprint density at radius 1 is 1.29 bits per heavy atom.